The number of nitrogens with zero attached hydrogens (tertiary/aromatic N) is 3. The van der Waals surface area contributed by atoms with Crippen molar-refractivity contribution in [1.82, 2.24) is 15.2 Å². The monoisotopic (exact) mass is 438 g/mol. The molecule has 0 aliphatic rings. The van der Waals surface area contributed by atoms with Crippen LogP contribution in [0.5, 0.6) is 0 Å². The van der Waals surface area contributed by atoms with Crippen LogP contribution in [0.1, 0.15) is 25.5 Å². The number of fused-ring (bicyclic) bond motifs is 1. The number of unbranched alkanes of at least 4 members (excludes halogenated alkanes) is 1. The van der Waals surface area contributed by atoms with Gasteiger partial charge in [0.05, 0.1) is 12.2 Å². The average Bonchev–Trinajstić information content (AvgIpc) is 2.58. The number of pyridine rings is 1. The summed E-state index contributed by atoms with van der Waals surface area (Å²) in [5.74, 6) is 0.922. The van der Waals surface area contributed by atoms with Crippen LogP contribution < -0.4 is 5.32 Å². The van der Waals surface area contributed by atoms with Crippen LogP contribution in [0.25, 0.3) is 10.8 Å². The molecular weight excluding hydrogens is 411 g/mol. The number of aromatic nitrogens is 1. The topological polar surface area (TPSA) is 40.5 Å². The Morgan fingerprint density at radius 2 is 2.12 bits per heavy atom. The van der Waals surface area contributed by atoms with Crippen molar-refractivity contribution in [1.29, 1.82) is 0 Å². The Balaban J connectivity index is 0.00000288. The van der Waals surface area contributed by atoms with Gasteiger partial charge in [0.1, 0.15) is 0 Å². The number of hydrogen-bond donors (Lipinski definition) is 1. The Labute approximate surface area is 162 Å². The van der Waals surface area contributed by atoms with Crippen LogP contribution in [0, 0.1) is 0 Å². The van der Waals surface area contributed by atoms with E-state index in [0.717, 1.165) is 37.6 Å². The van der Waals surface area contributed by atoms with E-state index in [1.807, 2.05) is 30.5 Å². The number of benzene rings is 1. The SMILES string of the molecule is C=CCCCN(C)C(=NCc1nccc2ccccc12)NCC.I. The molecule has 1 N–H and O–H groups in total. The van der Waals surface area contributed by atoms with Gasteiger partial charge in [-0.05, 0) is 31.2 Å². The van der Waals surface area contributed by atoms with Crippen molar-refractivity contribution in [3.8, 4) is 0 Å². The van der Waals surface area contributed by atoms with E-state index in [2.05, 4.69) is 47.9 Å². The molecule has 2 rings (SSSR count). The van der Waals surface area contributed by atoms with Gasteiger partial charge in [0.2, 0.25) is 0 Å². The van der Waals surface area contributed by atoms with Crippen LogP contribution in [0.2, 0.25) is 0 Å². The van der Waals surface area contributed by atoms with Crippen LogP contribution in [-0.4, -0.2) is 36.0 Å². The molecule has 24 heavy (non-hydrogen) atoms. The van der Waals surface area contributed by atoms with Gasteiger partial charge < -0.3 is 10.2 Å². The number of halogens is 1. The van der Waals surface area contributed by atoms with Gasteiger partial charge in [0, 0.05) is 31.7 Å². The molecule has 0 fully saturated rings. The smallest absolute Gasteiger partial charge is 0.194 e. The maximum Gasteiger partial charge on any atom is 0.194 e. The van der Waals surface area contributed by atoms with E-state index in [0.29, 0.717) is 6.54 Å². The molecule has 0 aliphatic heterocycles. The molecule has 0 bridgehead atoms. The predicted octanol–water partition coefficient (Wildman–Crippen LogP) is 4.22. The van der Waals surface area contributed by atoms with Gasteiger partial charge in [-0.25, -0.2) is 4.99 Å². The molecular formula is C19H27IN4. The van der Waals surface area contributed by atoms with Gasteiger partial charge in [0.25, 0.3) is 0 Å². The molecule has 1 aromatic carbocycles. The molecule has 0 amide bonds. The van der Waals surface area contributed by atoms with Crippen molar-refractivity contribution in [2.45, 2.75) is 26.3 Å². The number of rotatable bonds is 7. The zero-order chi connectivity index (χ0) is 16.5. The van der Waals surface area contributed by atoms with Crippen molar-refractivity contribution in [3.05, 3.63) is 54.9 Å². The quantitative estimate of drug-likeness (QED) is 0.232. The van der Waals surface area contributed by atoms with E-state index in [-0.39, 0.29) is 24.0 Å². The molecule has 1 heterocycles. The molecule has 2 aromatic rings. The van der Waals surface area contributed by atoms with Gasteiger partial charge in [-0.2, -0.15) is 0 Å². The highest BCUT2D eigenvalue weighted by molar-refractivity contribution is 14.0. The standard InChI is InChI=1S/C19H26N4.HI/c1-4-6-9-14-23(3)19(20-5-2)22-15-18-17-11-8-7-10-16(17)12-13-21-18;/h4,7-8,10-13H,1,5-6,9,14-15H2,2-3H3,(H,20,22);1H. The molecule has 0 radical (unpaired) electrons. The zero-order valence-corrected chi connectivity index (χ0v) is 16.9. The Kier molecular flexibility index (Phi) is 9.37. The Bertz CT molecular complexity index is 664. The minimum atomic E-state index is 0. The van der Waals surface area contributed by atoms with Crippen LogP contribution >= 0.6 is 24.0 Å². The second kappa shape index (κ2) is 11.0. The molecule has 130 valence electrons. The summed E-state index contributed by atoms with van der Waals surface area (Å²) in [4.78, 5) is 11.4. The Hall–Kier alpha value is -1.63. The van der Waals surface area contributed by atoms with Crippen molar-refractivity contribution in [2.75, 3.05) is 20.1 Å². The van der Waals surface area contributed by atoms with Gasteiger partial charge >= 0.3 is 0 Å². The van der Waals surface area contributed by atoms with Crippen LogP contribution in [0.15, 0.2) is 54.2 Å². The molecule has 5 heteroatoms. The first kappa shape index (κ1) is 20.4. The first-order valence-electron chi connectivity index (χ1n) is 8.19. The maximum atomic E-state index is 4.76. The fourth-order valence-electron chi connectivity index (χ4n) is 2.51. The highest BCUT2D eigenvalue weighted by Gasteiger charge is 2.06. The third-order valence-electron chi connectivity index (χ3n) is 3.73. The van der Waals surface area contributed by atoms with Crippen LogP contribution in [0.4, 0.5) is 0 Å². The summed E-state index contributed by atoms with van der Waals surface area (Å²) in [5.41, 5.74) is 1.01. The third kappa shape index (κ3) is 5.78. The lowest BCUT2D eigenvalue weighted by Crippen LogP contribution is -2.39. The van der Waals surface area contributed by atoms with Crippen molar-refractivity contribution in [2.24, 2.45) is 4.99 Å². The largest absolute Gasteiger partial charge is 0.357 e. The van der Waals surface area contributed by atoms with Crippen LogP contribution in [0.3, 0.4) is 0 Å². The first-order valence-corrected chi connectivity index (χ1v) is 8.19. The minimum Gasteiger partial charge on any atom is -0.357 e. The number of aliphatic imine (C=N–C) groups is 1. The summed E-state index contributed by atoms with van der Waals surface area (Å²) >= 11 is 0. The Morgan fingerprint density at radius 3 is 2.88 bits per heavy atom. The van der Waals surface area contributed by atoms with Crippen LogP contribution in [-0.2, 0) is 6.54 Å². The van der Waals surface area contributed by atoms with Crippen molar-refractivity contribution >= 4 is 40.7 Å². The molecule has 0 aliphatic carbocycles. The van der Waals surface area contributed by atoms with Gasteiger partial charge in [-0.15, -0.1) is 30.6 Å². The predicted molar refractivity (Wildman–Crippen MR) is 114 cm³/mol. The lowest BCUT2D eigenvalue weighted by molar-refractivity contribution is 0.470. The van der Waals surface area contributed by atoms with E-state index >= 15 is 0 Å². The van der Waals surface area contributed by atoms with Gasteiger partial charge in [-0.1, -0.05) is 30.3 Å². The highest BCUT2D eigenvalue weighted by Crippen LogP contribution is 2.16. The summed E-state index contributed by atoms with van der Waals surface area (Å²) in [6.07, 6.45) is 5.91. The van der Waals surface area contributed by atoms with E-state index in [1.54, 1.807) is 0 Å². The fraction of sp³-hybridized carbons (Fsp3) is 0.368. The summed E-state index contributed by atoms with van der Waals surface area (Å²) in [6.45, 7) is 8.25. The van der Waals surface area contributed by atoms with E-state index in [1.165, 1.54) is 10.8 Å². The average molecular weight is 438 g/mol. The molecule has 1 aromatic heterocycles. The fourth-order valence-corrected chi connectivity index (χ4v) is 2.51. The molecule has 0 saturated carbocycles. The maximum absolute atomic E-state index is 4.76. The number of nitrogens with one attached hydrogen (secondary N) is 1. The minimum absolute atomic E-state index is 0. The first-order chi connectivity index (χ1) is 11.3. The van der Waals surface area contributed by atoms with E-state index in [9.17, 15) is 0 Å². The van der Waals surface area contributed by atoms with E-state index < -0.39 is 0 Å². The molecule has 4 nitrogen and oxygen atoms in total. The number of hydrogen-bond acceptors (Lipinski definition) is 2. The van der Waals surface area contributed by atoms with Gasteiger partial charge in [-0.3, -0.25) is 4.98 Å². The summed E-state index contributed by atoms with van der Waals surface area (Å²) in [7, 11) is 2.07. The van der Waals surface area contributed by atoms with E-state index in [4.69, 9.17) is 4.99 Å². The van der Waals surface area contributed by atoms with Crippen molar-refractivity contribution in [3.63, 3.8) is 0 Å². The molecule has 0 spiro atoms. The van der Waals surface area contributed by atoms with Gasteiger partial charge in [0.15, 0.2) is 5.96 Å². The summed E-state index contributed by atoms with van der Waals surface area (Å²) in [6, 6.07) is 10.3. The Morgan fingerprint density at radius 1 is 1.33 bits per heavy atom. The molecule has 0 unspecified atom stereocenters. The second-order valence-electron chi connectivity index (χ2n) is 5.50. The molecule has 0 saturated heterocycles. The zero-order valence-electron chi connectivity index (χ0n) is 14.5. The number of guanidine groups is 1. The lowest BCUT2D eigenvalue weighted by Gasteiger charge is -2.21. The lowest BCUT2D eigenvalue weighted by atomic mass is 10.1. The number of allylic oxidation sites excluding steroid dienone is 1. The summed E-state index contributed by atoms with van der Waals surface area (Å²) in [5, 5.41) is 5.73. The second-order valence-corrected chi connectivity index (χ2v) is 5.50. The summed E-state index contributed by atoms with van der Waals surface area (Å²) < 4.78 is 0. The van der Waals surface area contributed by atoms with Crippen molar-refractivity contribution < 1.29 is 0 Å². The normalized spacial score (nSPS) is 11.0. The molecule has 0 atom stereocenters. The highest BCUT2D eigenvalue weighted by atomic mass is 127. The third-order valence-corrected chi connectivity index (χ3v) is 3.73.